The van der Waals surface area contributed by atoms with Crippen LogP contribution in [0.15, 0.2) is 48.5 Å². The monoisotopic (exact) mass is 296 g/mol. The van der Waals surface area contributed by atoms with E-state index in [1.165, 1.54) is 0 Å². The molecule has 108 valence electrons. The number of nitrogens with zero attached hydrogens (tertiary/aromatic N) is 4. The van der Waals surface area contributed by atoms with Gasteiger partial charge >= 0.3 is 11.4 Å². The maximum atomic E-state index is 9.89. The predicted molar refractivity (Wildman–Crippen MR) is 78.2 cm³/mol. The molecule has 2 rings (SSSR count). The molecule has 0 amide bonds. The summed E-state index contributed by atoms with van der Waals surface area (Å²) >= 11 is 0. The zero-order chi connectivity index (χ0) is 16.4. The van der Waals surface area contributed by atoms with E-state index in [1.807, 2.05) is 36.4 Å². The normalized spacial score (nSPS) is 9.32. The Kier molecular flexibility index (Phi) is 6.93. The molecule has 0 heterocycles. The molecule has 0 unspecified atom stereocenters. The summed E-state index contributed by atoms with van der Waals surface area (Å²) in [6, 6.07) is 14.4. The highest BCUT2D eigenvalue weighted by atomic mass is 19.1. The van der Waals surface area contributed by atoms with Gasteiger partial charge in [-0.25, -0.2) is 0 Å². The molecule has 0 saturated carbocycles. The topological polar surface area (TPSA) is 102 Å². The molecule has 0 fully saturated rings. The summed E-state index contributed by atoms with van der Waals surface area (Å²) < 4.78 is 9.89. The van der Waals surface area contributed by atoms with Gasteiger partial charge in [0.15, 0.2) is 9.95 Å². The molecule has 0 aliphatic carbocycles. The Bertz CT molecular complexity index is 641. The zero-order valence-corrected chi connectivity index (χ0v) is 11.3. The fraction of sp³-hybridized carbons (Fsp3) is 0. The van der Waals surface area contributed by atoms with Crippen LogP contribution < -0.4 is 10.0 Å². The van der Waals surface area contributed by atoms with E-state index in [9.17, 15) is 4.32 Å². The molecule has 0 bridgehead atoms. The lowest BCUT2D eigenvalue weighted by Gasteiger charge is -2.09. The predicted octanol–water partition coefficient (Wildman–Crippen LogP) is 2.49. The van der Waals surface area contributed by atoms with Crippen LogP contribution in [-0.4, -0.2) is 7.40 Å². The number of halogens is 1. The van der Waals surface area contributed by atoms with Gasteiger partial charge in [-0.05, 0) is 35.4 Å². The summed E-state index contributed by atoms with van der Waals surface area (Å²) in [5.41, 5.74) is 3.08. The summed E-state index contributed by atoms with van der Waals surface area (Å²) in [6.07, 6.45) is 3.90. The van der Waals surface area contributed by atoms with Crippen molar-refractivity contribution in [3.63, 3.8) is 0 Å². The molecule has 0 aliphatic rings. The smallest absolute Gasteiger partial charge is 0.385 e. The van der Waals surface area contributed by atoms with E-state index in [2.05, 4.69) is 9.95 Å². The second kappa shape index (κ2) is 8.98. The fourth-order valence-electron chi connectivity index (χ4n) is 1.50. The van der Waals surface area contributed by atoms with Crippen molar-refractivity contribution in [1.82, 2.24) is 0 Å². The van der Waals surface area contributed by atoms with Crippen molar-refractivity contribution < 1.29 is 14.4 Å². The SMILES string of the molecule is N#[N+]c1ccc(C=Cc2ccc([N+]#N)cc2)cc1.[O-]B([O-])F. The van der Waals surface area contributed by atoms with Crippen LogP contribution in [0.1, 0.15) is 11.1 Å². The van der Waals surface area contributed by atoms with Crippen molar-refractivity contribution in [1.29, 1.82) is 10.8 Å². The summed E-state index contributed by atoms with van der Waals surface area (Å²) in [5, 5.41) is 33.7. The van der Waals surface area contributed by atoms with E-state index in [-0.39, 0.29) is 0 Å². The molecule has 8 heteroatoms. The van der Waals surface area contributed by atoms with E-state index in [4.69, 9.17) is 20.8 Å². The molecule has 6 nitrogen and oxygen atoms in total. The van der Waals surface area contributed by atoms with Gasteiger partial charge in [-0.3, -0.25) is 0 Å². The first-order valence-corrected chi connectivity index (χ1v) is 6.09. The molecular weight excluding hydrogens is 286 g/mol. The Labute approximate surface area is 126 Å². The van der Waals surface area contributed by atoms with Gasteiger partial charge in [0, 0.05) is 24.3 Å². The third-order valence-corrected chi connectivity index (χ3v) is 2.49. The summed E-state index contributed by atoms with van der Waals surface area (Å²) in [5.74, 6) is 0. The van der Waals surface area contributed by atoms with E-state index in [0.29, 0.717) is 11.4 Å². The third kappa shape index (κ3) is 6.39. The van der Waals surface area contributed by atoms with Gasteiger partial charge in [0.1, 0.15) is 7.40 Å². The van der Waals surface area contributed by atoms with Crippen LogP contribution in [0.2, 0.25) is 0 Å². The molecule has 0 spiro atoms. The highest BCUT2D eigenvalue weighted by Gasteiger charge is 2.02. The Morgan fingerprint density at radius 1 is 0.773 bits per heavy atom. The quantitative estimate of drug-likeness (QED) is 0.482. The second-order valence-electron chi connectivity index (χ2n) is 3.99. The van der Waals surface area contributed by atoms with Crippen molar-refractivity contribution in [2.24, 2.45) is 0 Å². The highest BCUT2D eigenvalue weighted by Crippen LogP contribution is 2.16. The Balaban J connectivity index is 0.000000541. The van der Waals surface area contributed by atoms with E-state index in [1.54, 1.807) is 24.3 Å². The largest absolute Gasteiger partial charge is 0.867 e. The highest BCUT2D eigenvalue weighted by molar-refractivity contribution is 6.27. The summed E-state index contributed by atoms with van der Waals surface area (Å²) in [7, 11) is -3.17. The first-order chi connectivity index (χ1) is 10.5. The minimum absolute atomic E-state index is 0.529. The average molecular weight is 296 g/mol. The van der Waals surface area contributed by atoms with Crippen molar-refractivity contribution in [2.75, 3.05) is 0 Å². The van der Waals surface area contributed by atoms with Crippen molar-refractivity contribution in [3.05, 3.63) is 69.6 Å². The number of hydrogen-bond acceptors (Lipinski definition) is 4. The summed E-state index contributed by atoms with van der Waals surface area (Å²) in [4.78, 5) is 6.18. The van der Waals surface area contributed by atoms with Gasteiger partial charge in [-0.2, -0.15) is 0 Å². The average Bonchev–Trinajstić information content (AvgIpc) is 2.53. The number of hydrogen-bond donors (Lipinski definition) is 0. The molecule has 0 aromatic heterocycles. The lowest BCUT2D eigenvalue weighted by atomic mass is 10.1. The molecule has 2 aromatic rings. The van der Waals surface area contributed by atoms with E-state index in [0.717, 1.165) is 11.1 Å². The number of benzene rings is 2. The Morgan fingerprint density at radius 2 is 1.05 bits per heavy atom. The maximum absolute atomic E-state index is 9.89. The minimum atomic E-state index is -3.17. The van der Waals surface area contributed by atoms with Gasteiger partial charge in [0.05, 0.1) is 0 Å². The first kappa shape index (κ1) is 17.0. The molecule has 22 heavy (non-hydrogen) atoms. The Hall–Kier alpha value is -3.07. The van der Waals surface area contributed by atoms with Crippen LogP contribution in [0.4, 0.5) is 15.7 Å². The van der Waals surface area contributed by atoms with Gasteiger partial charge in [-0.1, -0.05) is 12.2 Å². The lowest BCUT2D eigenvalue weighted by molar-refractivity contribution is -0.366. The maximum Gasteiger partial charge on any atom is 0.385 e. The fourth-order valence-corrected chi connectivity index (χ4v) is 1.50. The molecular formula is C14H10BFN4O2. The van der Waals surface area contributed by atoms with Crippen LogP contribution in [0.3, 0.4) is 0 Å². The van der Waals surface area contributed by atoms with Crippen LogP contribution in [-0.2, 0) is 0 Å². The second-order valence-corrected chi connectivity index (χ2v) is 3.99. The first-order valence-electron chi connectivity index (χ1n) is 6.09. The van der Waals surface area contributed by atoms with Crippen molar-refractivity contribution >= 4 is 30.9 Å². The van der Waals surface area contributed by atoms with Crippen LogP contribution in [0, 0.1) is 10.8 Å². The van der Waals surface area contributed by atoms with Crippen molar-refractivity contribution in [3.8, 4) is 0 Å². The number of diazo groups is 2. The van der Waals surface area contributed by atoms with Gasteiger partial charge in [-0.15, -0.1) is 0 Å². The molecule has 0 atom stereocenters. The van der Waals surface area contributed by atoms with Crippen LogP contribution in [0.25, 0.3) is 22.1 Å². The Morgan fingerprint density at radius 3 is 1.27 bits per heavy atom. The standard InChI is InChI=1S/C14H10N4.BFO2/c15-17-13-7-3-11(4-8-13)1-2-12-5-9-14(18-16)10-6-12;2-1(3)4/h1-10H;/q+2;-2. The van der Waals surface area contributed by atoms with Gasteiger partial charge in [0.2, 0.25) is 10.8 Å². The van der Waals surface area contributed by atoms with Gasteiger partial charge in [0.25, 0.3) is 0 Å². The van der Waals surface area contributed by atoms with E-state index >= 15 is 0 Å². The molecule has 0 radical (unpaired) electrons. The molecule has 2 aromatic carbocycles. The van der Waals surface area contributed by atoms with Crippen LogP contribution in [0.5, 0.6) is 0 Å². The van der Waals surface area contributed by atoms with Gasteiger partial charge < -0.3 is 14.4 Å². The van der Waals surface area contributed by atoms with Crippen molar-refractivity contribution in [2.45, 2.75) is 0 Å². The number of rotatable bonds is 2. The van der Waals surface area contributed by atoms with E-state index < -0.39 is 7.40 Å². The molecule has 0 saturated heterocycles. The lowest BCUT2D eigenvalue weighted by Crippen LogP contribution is -2.39. The third-order valence-electron chi connectivity index (χ3n) is 2.49. The molecule has 0 N–H and O–H groups in total. The molecule has 0 aliphatic heterocycles. The van der Waals surface area contributed by atoms with Crippen LogP contribution >= 0.6 is 0 Å². The summed E-state index contributed by atoms with van der Waals surface area (Å²) in [6.45, 7) is 0. The zero-order valence-electron chi connectivity index (χ0n) is 11.3. The minimum Gasteiger partial charge on any atom is -0.867 e.